The van der Waals surface area contributed by atoms with E-state index in [1.54, 1.807) is 6.92 Å². The number of urea groups is 1. The van der Waals surface area contributed by atoms with E-state index < -0.39 is 46.5 Å². The van der Waals surface area contributed by atoms with Gasteiger partial charge in [-0.2, -0.15) is 0 Å². The number of fused-ring (bicyclic) bond motifs is 1. The Balaban J connectivity index is 1.26. The van der Waals surface area contributed by atoms with Gasteiger partial charge in [0.1, 0.15) is 18.5 Å². The molecular weight excluding hydrogens is 544 g/mol. The van der Waals surface area contributed by atoms with Crippen molar-refractivity contribution in [1.82, 2.24) is 29.6 Å². The Hall–Kier alpha value is -3.70. The lowest BCUT2D eigenvalue weighted by Crippen LogP contribution is -2.42. The summed E-state index contributed by atoms with van der Waals surface area (Å²) in [5.74, 6) is -0.514. The Morgan fingerprint density at radius 3 is 2.48 bits per heavy atom. The van der Waals surface area contributed by atoms with Crippen molar-refractivity contribution in [1.29, 1.82) is 0 Å². The molecule has 3 aromatic rings. The summed E-state index contributed by atoms with van der Waals surface area (Å²) < 4.78 is 34.9. The van der Waals surface area contributed by atoms with Gasteiger partial charge in [-0.3, -0.25) is 14.7 Å². The number of benzene rings is 1. The molecule has 1 unspecified atom stereocenters. The maximum Gasteiger partial charge on any atom is 0.324 e. The average molecular weight is 575 g/mol. The summed E-state index contributed by atoms with van der Waals surface area (Å²) in [6.07, 6.45) is 0.738. The fourth-order valence-corrected chi connectivity index (χ4v) is 6.13. The predicted octanol–water partition coefficient (Wildman–Crippen LogP) is 0.447. The predicted molar refractivity (Wildman–Crippen MR) is 142 cm³/mol. The summed E-state index contributed by atoms with van der Waals surface area (Å²) in [6.45, 7) is 2.04. The van der Waals surface area contributed by atoms with Crippen LogP contribution in [0, 0.1) is 0 Å². The van der Waals surface area contributed by atoms with E-state index in [1.807, 2.05) is 0 Å². The molecule has 3 heterocycles. The third-order valence-corrected chi connectivity index (χ3v) is 8.35. The average Bonchev–Trinajstić information content (AvgIpc) is 3.65. The van der Waals surface area contributed by atoms with Gasteiger partial charge in [0, 0.05) is 18.3 Å². The fraction of sp³-hybridized carbons (Fsp3) is 0.458. The third-order valence-electron chi connectivity index (χ3n) is 6.81. The van der Waals surface area contributed by atoms with Crippen LogP contribution >= 0.6 is 0 Å². The molecule has 1 aliphatic heterocycles. The van der Waals surface area contributed by atoms with Gasteiger partial charge in [-0.15, -0.1) is 0 Å². The normalized spacial score (nSPS) is 23.4. The number of nitrogens with one attached hydrogen (secondary N) is 4. The van der Waals surface area contributed by atoms with Gasteiger partial charge in [-0.25, -0.2) is 32.9 Å². The molecule has 0 radical (unpaired) electrons. The molecule has 4 atom stereocenters. The smallest absolute Gasteiger partial charge is 0.324 e. The van der Waals surface area contributed by atoms with Gasteiger partial charge in [0.15, 0.2) is 29.3 Å². The van der Waals surface area contributed by atoms with Gasteiger partial charge in [0.25, 0.3) is 5.91 Å². The fourth-order valence-electron chi connectivity index (χ4n) is 4.83. The van der Waals surface area contributed by atoms with E-state index >= 15 is 0 Å². The number of amides is 3. The summed E-state index contributed by atoms with van der Waals surface area (Å²) in [4.78, 5) is 37.4. The quantitative estimate of drug-likeness (QED) is 0.219. The van der Waals surface area contributed by atoms with Gasteiger partial charge in [0.2, 0.25) is 10.0 Å². The highest BCUT2D eigenvalue weighted by atomic mass is 32.2. The number of likely N-dealkylation sites (N-methyl/N-ethyl adjacent to an activating group) is 1. The molecule has 40 heavy (non-hydrogen) atoms. The second-order valence-corrected chi connectivity index (χ2v) is 11.3. The van der Waals surface area contributed by atoms with Gasteiger partial charge in [0.05, 0.1) is 11.2 Å². The van der Waals surface area contributed by atoms with E-state index in [4.69, 9.17) is 4.74 Å². The van der Waals surface area contributed by atoms with Crippen LogP contribution in [0.2, 0.25) is 0 Å². The number of hydrogen-bond donors (Lipinski definition) is 6. The van der Waals surface area contributed by atoms with E-state index in [0.717, 1.165) is 25.7 Å². The number of aliphatic hydroxyl groups is 2. The third kappa shape index (κ3) is 5.62. The standard InChI is InChI=1S/C24H30N8O7S/c1-2-25-22(35)19-17(33)18(34)23(39-19)32-12-28-16-20(26-11-27-21(16)32)30-24(36)29-13-7-9-15(10-8-13)40(37,38)31-14-5-3-4-6-14/h7-12,14,17-19,23,31,33-34H,2-6H2,1H3,(H,25,35)(H2,26,27,29,30,36)/t17-,18+,19-,23?/m0/s1. The number of hydrogen-bond acceptors (Lipinski definition) is 10. The summed E-state index contributed by atoms with van der Waals surface area (Å²) in [5.41, 5.74) is 0.701. The van der Waals surface area contributed by atoms with E-state index in [0.29, 0.717) is 12.2 Å². The van der Waals surface area contributed by atoms with Gasteiger partial charge < -0.3 is 25.6 Å². The van der Waals surface area contributed by atoms with Crippen molar-refractivity contribution >= 4 is 44.6 Å². The molecule has 6 N–H and O–H groups in total. The number of carbonyl (C=O) groups excluding carboxylic acids is 2. The van der Waals surface area contributed by atoms with Crippen molar-refractivity contribution < 1.29 is 33.0 Å². The lowest BCUT2D eigenvalue weighted by Gasteiger charge is -2.16. The summed E-state index contributed by atoms with van der Waals surface area (Å²) in [7, 11) is -3.66. The van der Waals surface area contributed by atoms with Crippen LogP contribution in [0.1, 0.15) is 38.8 Å². The molecule has 1 aromatic carbocycles. The Morgan fingerprint density at radius 1 is 1.05 bits per heavy atom. The van der Waals surface area contributed by atoms with Crippen molar-refractivity contribution in [2.24, 2.45) is 0 Å². The first kappa shape index (κ1) is 27.9. The van der Waals surface area contributed by atoms with Crippen molar-refractivity contribution in [2.75, 3.05) is 17.2 Å². The monoisotopic (exact) mass is 574 g/mol. The molecule has 3 amide bonds. The highest BCUT2D eigenvalue weighted by Gasteiger charge is 2.47. The molecule has 0 bridgehead atoms. The second kappa shape index (κ2) is 11.4. The van der Waals surface area contributed by atoms with Crippen molar-refractivity contribution in [2.45, 2.75) is 68.1 Å². The minimum atomic E-state index is -3.66. The lowest BCUT2D eigenvalue weighted by molar-refractivity contribution is -0.137. The second-order valence-electron chi connectivity index (χ2n) is 9.58. The highest BCUT2D eigenvalue weighted by molar-refractivity contribution is 7.89. The SMILES string of the molecule is CCNC(=O)[C@H]1OC(n2cnc3c(NC(=O)Nc4ccc(S(=O)(=O)NC5CCCC5)cc4)ncnc32)[C@H](O)[C@@H]1O. The molecular formula is C24H30N8O7S. The zero-order chi connectivity index (χ0) is 28.4. The van der Waals surface area contributed by atoms with Crippen LogP contribution in [0.5, 0.6) is 0 Å². The number of carbonyl (C=O) groups is 2. The number of ether oxygens (including phenoxy) is 1. The molecule has 214 valence electrons. The Morgan fingerprint density at radius 2 is 1.77 bits per heavy atom. The van der Waals surface area contributed by atoms with Gasteiger partial charge >= 0.3 is 6.03 Å². The van der Waals surface area contributed by atoms with Crippen LogP contribution in [-0.4, -0.2) is 81.0 Å². The molecule has 2 aromatic heterocycles. The maximum atomic E-state index is 12.7. The number of aromatic nitrogens is 4. The first-order chi connectivity index (χ1) is 19.2. The topological polar surface area (TPSA) is 210 Å². The van der Waals surface area contributed by atoms with Crippen LogP contribution in [-0.2, 0) is 19.6 Å². The van der Waals surface area contributed by atoms with E-state index in [9.17, 15) is 28.2 Å². The van der Waals surface area contributed by atoms with Crippen molar-refractivity contribution in [3.8, 4) is 0 Å². The maximum absolute atomic E-state index is 12.7. The molecule has 16 heteroatoms. The minimum absolute atomic E-state index is 0.0505. The Bertz CT molecular complexity index is 1490. The molecule has 2 aliphatic rings. The van der Waals surface area contributed by atoms with Crippen LogP contribution in [0.4, 0.5) is 16.3 Å². The zero-order valence-electron chi connectivity index (χ0n) is 21.5. The van der Waals surface area contributed by atoms with Crippen molar-refractivity contribution in [3.05, 3.63) is 36.9 Å². The first-order valence-electron chi connectivity index (χ1n) is 12.8. The summed E-state index contributed by atoms with van der Waals surface area (Å²) in [5, 5.41) is 28.6. The number of rotatable bonds is 8. The summed E-state index contributed by atoms with van der Waals surface area (Å²) >= 11 is 0. The molecule has 5 rings (SSSR count). The van der Waals surface area contributed by atoms with Gasteiger partial charge in [-0.05, 0) is 44.0 Å². The number of nitrogens with zero attached hydrogens (tertiary/aromatic N) is 4. The van der Waals surface area contributed by atoms with Gasteiger partial charge in [-0.1, -0.05) is 12.8 Å². The van der Waals surface area contributed by atoms with E-state index in [1.165, 1.54) is 41.5 Å². The Kier molecular flexibility index (Phi) is 7.95. The van der Waals surface area contributed by atoms with Crippen LogP contribution in [0.25, 0.3) is 11.2 Å². The molecule has 2 fully saturated rings. The number of imidazole rings is 1. The number of sulfonamides is 1. The zero-order valence-corrected chi connectivity index (χ0v) is 22.3. The first-order valence-corrected chi connectivity index (χ1v) is 14.3. The summed E-state index contributed by atoms with van der Waals surface area (Å²) in [6, 6.07) is 5.04. The number of aliphatic hydroxyl groups excluding tert-OH is 2. The largest absolute Gasteiger partial charge is 0.387 e. The van der Waals surface area contributed by atoms with E-state index in [-0.39, 0.29) is 27.9 Å². The van der Waals surface area contributed by atoms with Crippen molar-refractivity contribution in [3.63, 3.8) is 0 Å². The van der Waals surface area contributed by atoms with Crippen LogP contribution in [0.3, 0.4) is 0 Å². The van der Waals surface area contributed by atoms with Crippen LogP contribution < -0.4 is 20.7 Å². The highest BCUT2D eigenvalue weighted by Crippen LogP contribution is 2.32. The molecule has 1 aliphatic carbocycles. The Labute approximate surface area is 229 Å². The minimum Gasteiger partial charge on any atom is -0.387 e. The number of anilines is 2. The molecule has 15 nitrogen and oxygen atoms in total. The lowest BCUT2D eigenvalue weighted by atomic mass is 10.1. The molecule has 1 saturated carbocycles. The van der Waals surface area contributed by atoms with Crippen LogP contribution in [0.15, 0.2) is 41.8 Å². The molecule has 1 saturated heterocycles. The molecule has 0 spiro atoms. The van der Waals surface area contributed by atoms with E-state index in [2.05, 4.69) is 35.6 Å².